The molecule has 0 unspecified atom stereocenters. The molecule has 0 fully saturated rings. The molecule has 0 amide bonds. The third-order valence-corrected chi connectivity index (χ3v) is 6.12. The monoisotopic (exact) mass is 340 g/mol. The predicted octanol–water partition coefficient (Wildman–Crippen LogP) is 3.14. The van der Waals surface area contributed by atoms with E-state index in [9.17, 15) is 8.42 Å². The largest absolute Gasteiger partial charge is 0.242 e. The highest BCUT2D eigenvalue weighted by Gasteiger charge is 2.21. The lowest BCUT2D eigenvalue weighted by atomic mass is 10.2. The van der Waals surface area contributed by atoms with Crippen molar-refractivity contribution in [3.05, 3.63) is 51.2 Å². The van der Waals surface area contributed by atoms with Crippen molar-refractivity contribution < 1.29 is 8.42 Å². The summed E-state index contributed by atoms with van der Waals surface area (Å²) in [4.78, 5) is 1.23. The Labute approximate surface area is 133 Å². The summed E-state index contributed by atoms with van der Waals surface area (Å²) >= 11 is 7.49. The van der Waals surface area contributed by atoms with Crippen molar-refractivity contribution >= 4 is 33.0 Å². The van der Waals surface area contributed by atoms with Gasteiger partial charge in [0.05, 0.1) is 15.5 Å². The fourth-order valence-electron chi connectivity index (χ4n) is 1.77. The van der Waals surface area contributed by atoms with Gasteiger partial charge in [0.1, 0.15) is 6.07 Å². The van der Waals surface area contributed by atoms with Crippen molar-refractivity contribution in [1.82, 2.24) is 4.31 Å². The SMILES string of the molecule is CN(CCc1cccs1)S(=O)(=O)c1ccc(C#N)c(Cl)c1. The van der Waals surface area contributed by atoms with Gasteiger partial charge in [-0.05, 0) is 36.1 Å². The summed E-state index contributed by atoms with van der Waals surface area (Å²) in [6.07, 6.45) is 0.664. The van der Waals surface area contributed by atoms with Crippen LogP contribution in [0.5, 0.6) is 0 Å². The van der Waals surface area contributed by atoms with Crippen LogP contribution in [0.1, 0.15) is 10.4 Å². The molecule has 1 heterocycles. The summed E-state index contributed by atoms with van der Waals surface area (Å²) in [5.41, 5.74) is 0.261. The van der Waals surface area contributed by atoms with Gasteiger partial charge in [-0.1, -0.05) is 17.7 Å². The van der Waals surface area contributed by atoms with Gasteiger partial charge in [-0.25, -0.2) is 12.7 Å². The maximum atomic E-state index is 12.4. The van der Waals surface area contributed by atoms with Gasteiger partial charge >= 0.3 is 0 Å². The van der Waals surface area contributed by atoms with Crippen LogP contribution in [0.2, 0.25) is 5.02 Å². The molecule has 4 nitrogen and oxygen atoms in total. The van der Waals surface area contributed by atoms with Crippen molar-refractivity contribution in [2.75, 3.05) is 13.6 Å². The summed E-state index contributed by atoms with van der Waals surface area (Å²) in [7, 11) is -2.06. The standard InChI is InChI=1S/C14H13ClN2O2S2/c1-17(7-6-12-3-2-8-20-12)21(18,19)13-5-4-11(10-16)14(15)9-13/h2-5,8-9H,6-7H2,1H3. The van der Waals surface area contributed by atoms with Crippen molar-refractivity contribution in [2.45, 2.75) is 11.3 Å². The molecule has 0 N–H and O–H groups in total. The van der Waals surface area contributed by atoms with E-state index in [2.05, 4.69) is 0 Å². The van der Waals surface area contributed by atoms with Gasteiger partial charge in [0.15, 0.2) is 0 Å². The summed E-state index contributed by atoms with van der Waals surface area (Å²) in [5.74, 6) is 0. The third kappa shape index (κ3) is 3.63. The highest BCUT2D eigenvalue weighted by molar-refractivity contribution is 7.89. The molecule has 1 aromatic heterocycles. The Balaban J connectivity index is 2.17. The normalized spacial score (nSPS) is 11.5. The molecule has 0 saturated carbocycles. The molecule has 2 aromatic rings. The fraction of sp³-hybridized carbons (Fsp3) is 0.214. The van der Waals surface area contributed by atoms with Gasteiger partial charge in [-0.3, -0.25) is 0 Å². The summed E-state index contributed by atoms with van der Waals surface area (Å²) in [6.45, 7) is 0.389. The first-order chi connectivity index (χ1) is 9.95. The molecular formula is C14H13ClN2O2S2. The Bertz CT molecular complexity index is 765. The lowest BCUT2D eigenvalue weighted by Crippen LogP contribution is -2.28. The average Bonchev–Trinajstić information content (AvgIpc) is 2.97. The summed E-state index contributed by atoms with van der Waals surface area (Å²) < 4.78 is 26.2. The van der Waals surface area contributed by atoms with Crippen LogP contribution in [-0.2, 0) is 16.4 Å². The maximum Gasteiger partial charge on any atom is 0.242 e. The molecule has 0 aliphatic rings. The average molecular weight is 341 g/mol. The van der Waals surface area contributed by atoms with Crippen molar-refractivity contribution in [2.24, 2.45) is 0 Å². The zero-order valence-electron chi connectivity index (χ0n) is 11.3. The first-order valence-electron chi connectivity index (χ1n) is 6.13. The van der Waals surface area contributed by atoms with E-state index in [1.807, 2.05) is 23.6 Å². The molecule has 1 aromatic carbocycles. The molecule has 0 radical (unpaired) electrons. The second kappa shape index (κ2) is 6.58. The third-order valence-electron chi connectivity index (χ3n) is 3.02. The second-order valence-electron chi connectivity index (χ2n) is 4.41. The van der Waals surface area contributed by atoms with Crippen LogP contribution in [0, 0.1) is 11.3 Å². The Morgan fingerprint density at radius 3 is 2.71 bits per heavy atom. The van der Waals surface area contributed by atoms with E-state index in [4.69, 9.17) is 16.9 Å². The molecule has 21 heavy (non-hydrogen) atoms. The maximum absolute atomic E-state index is 12.4. The number of hydrogen-bond acceptors (Lipinski definition) is 4. The van der Waals surface area contributed by atoms with E-state index >= 15 is 0 Å². The van der Waals surface area contributed by atoms with Crippen LogP contribution < -0.4 is 0 Å². The zero-order chi connectivity index (χ0) is 15.5. The molecule has 0 atom stereocenters. The molecule has 110 valence electrons. The van der Waals surface area contributed by atoms with Gasteiger partial charge in [-0.2, -0.15) is 5.26 Å². The predicted molar refractivity (Wildman–Crippen MR) is 84.0 cm³/mol. The number of thiophene rings is 1. The van der Waals surface area contributed by atoms with Crippen LogP contribution in [-0.4, -0.2) is 26.3 Å². The fourth-order valence-corrected chi connectivity index (χ4v) is 3.95. The Hall–Kier alpha value is -1.39. The van der Waals surface area contributed by atoms with Crippen molar-refractivity contribution in [1.29, 1.82) is 5.26 Å². The Kier molecular flexibility index (Phi) is 5.01. The molecule has 0 bridgehead atoms. The van der Waals surface area contributed by atoms with E-state index in [1.165, 1.54) is 29.6 Å². The van der Waals surface area contributed by atoms with Crippen LogP contribution in [0.15, 0.2) is 40.6 Å². The minimum Gasteiger partial charge on any atom is -0.207 e. The van der Waals surface area contributed by atoms with Crippen molar-refractivity contribution in [3.63, 3.8) is 0 Å². The van der Waals surface area contributed by atoms with Gasteiger partial charge in [0.2, 0.25) is 10.0 Å². The first kappa shape index (κ1) is 16.0. The van der Waals surface area contributed by atoms with Crippen LogP contribution in [0.3, 0.4) is 0 Å². The Morgan fingerprint density at radius 1 is 1.38 bits per heavy atom. The lowest BCUT2D eigenvalue weighted by molar-refractivity contribution is 0.473. The minimum atomic E-state index is -3.60. The molecule has 0 aliphatic carbocycles. The molecule has 7 heteroatoms. The highest BCUT2D eigenvalue weighted by Crippen LogP contribution is 2.22. The number of sulfonamides is 1. The number of benzene rings is 1. The minimum absolute atomic E-state index is 0.0974. The molecule has 2 rings (SSSR count). The number of halogens is 1. The van der Waals surface area contributed by atoms with E-state index < -0.39 is 10.0 Å². The quantitative estimate of drug-likeness (QED) is 0.840. The lowest BCUT2D eigenvalue weighted by Gasteiger charge is -2.17. The number of rotatable bonds is 5. The number of likely N-dealkylation sites (N-methyl/N-ethyl adjacent to an activating group) is 1. The van der Waals surface area contributed by atoms with Crippen LogP contribution in [0.4, 0.5) is 0 Å². The van der Waals surface area contributed by atoms with Gasteiger partial charge in [-0.15, -0.1) is 11.3 Å². The summed E-state index contributed by atoms with van der Waals surface area (Å²) in [6, 6.07) is 9.96. The van der Waals surface area contributed by atoms with E-state index in [1.54, 1.807) is 11.3 Å². The first-order valence-corrected chi connectivity index (χ1v) is 8.83. The molecule has 0 spiro atoms. The second-order valence-corrected chi connectivity index (χ2v) is 7.89. The summed E-state index contributed by atoms with van der Waals surface area (Å²) in [5, 5.41) is 10.9. The van der Waals surface area contributed by atoms with E-state index in [-0.39, 0.29) is 15.5 Å². The van der Waals surface area contributed by atoms with Gasteiger partial charge in [0, 0.05) is 18.5 Å². The van der Waals surface area contributed by atoms with E-state index in [0.717, 1.165) is 4.88 Å². The zero-order valence-corrected chi connectivity index (χ0v) is 13.7. The smallest absolute Gasteiger partial charge is 0.207 e. The number of nitrogens with zero attached hydrogens (tertiary/aromatic N) is 2. The number of nitriles is 1. The van der Waals surface area contributed by atoms with Gasteiger partial charge in [0.25, 0.3) is 0 Å². The topological polar surface area (TPSA) is 61.2 Å². The van der Waals surface area contributed by atoms with Crippen LogP contribution >= 0.6 is 22.9 Å². The number of hydrogen-bond donors (Lipinski definition) is 0. The molecule has 0 aliphatic heterocycles. The van der Waals surface area contributed by atoms with Gasteiger partial charge < -0.3 is 0 Å². The van der Waals surface area contributed by atoms with Crippen molar-refractivity contribution in [3.8, 4) is 6.07 Å². The Morgan fingerprint density at radius 2 is 2.14 bits per heavy atom. The highest BCUT2D eigenvalue weighted by atomic mass is 35.5. The molecule has 0 saturated heterocycles. The van der Waals surface area contributed by atoms with Crippen LogP contribution in [0.25, 0.3) is 0 Å². The van der Waals surface area contributed by atoms with E-state index in [0.29, 0.717) is 13.0 Å². The molecular weight excluding hydrogens is 328 g/mol.